The summed E-state index contributed by atoms with van der Waals surface area (Å²) in [6, 6.07) is 67.8. The maximum absolute atomic E-state index is 5.21. The first kappa shape index (κ1) is 33.6. The topological polar surface area (TPSA) is 38.7 Å². The number of benzene rings is 10. The van der Waals surface area contributed by atoms with Crippen LogP contribution in [-0.2, 0) is 5.41 Å². The Balaban J connectivity index is 0.965. The molecule has 0 bridgehead atoms. The van der Waals surface area contributed by atoms with Gasteiger partial charge in [-0.05, 0) is 112 Å². The van der Waals surface area contributed by atoms with E-state index < -0.39 is 0 Å². The third-order valence-corrected chi connectivity index (χ3v) is 12.6. The number of fused-ring (bicyclic) bond motifs is 12. The zero-order valence-electron chi connectivity index (χ0n) is 32.7. The SMILES string of the molecule is CC1(C)c2cc(-c3ccc4cc(-c5nc(-c6ccccc6)nc(-c6cc7ccccc7c7ccccc67)n5)ccc4c3)ccc2-c2c1c1ccccc1c1ccccc21. The summed E-state index contributed by atoms with van der Waals surface area (Å²) in [6.45, 7) is 4.78. The van der Waals surface area contributed by atoms with Gasteiger partial charge in [0.1, 0.15) is 0 Å². The van der Waals surface area contributed by atoms with Crippen molar-refractivity contribution < 1.29 is 0 Å². The van der Waals surface area contributed by atoms with E-state index in [0.717, 1.165) is 32.8 Å². The van der Waals surface area contributed by atoms with Crippen molar-refractivity contribution in [2.75, 3.05) is 0 Å². The van der Waals surface area contributed by atoms with Crippen LogP contribution in [0, 0.1) is 0 Å². The van der Waals surface area contributed by atoms with Crippen LogP contribution in [0.5, 0.6) is 0 Å². The molecule has 1 aliphatic rings. The molecule has 0 unspecified atom stereocenters. The Morgan fingerprint density at radius 1 is 0.322 bits per heavy atom. The first-order valence-electron chi connectivity index (χ1n) is 20.4. The maximum Gasteiger partial charge on any atom is 0.164 e. The van der Waals surface area contributed by atoms with E-state index in [1.165, 1.54) is 71.1 Å². The molecule has 0 saturated carbocycles. The molecule has 3 heteroatoms. The summed E-state index contributed by atoms with van der Waals surface area (Å²) in [6.07, 6.45) is 0. The van der Waals surface area contributed by atoms with Crippen LogP contribution in [0.25, 0.3) is 110 Å². The average molecular weight is 752 g/mol. The van der Waals surface area contributed by atoms with Gasteiger partial charge in [-0.25, -0.2) is 15.0 Å². The maximum atomic E-state index is 5.21. The molecule has 11 aromatic rings. The Bertz CT molecular complexity index is 3530. The Labute approximate surface area is 342 Å². The Morgan fingerprint density at radius 2 is 0.831 bits per heavy atom. The van der Waals surface area contributed by atoms with Gasteiger partial charge in [0.25, 0.3) is 0 Å². The molecule has 276 valence electrons. The summed E-state index contributed by atoms with van der Waals surface area (Å²) in [5.41, 5.74) is 10.7. The van der Waals surface area contributed by atoms with Crippen LogP contribution in [0.4, 0.5) is 0 Å². The molecule has 1 aromatic heterocycles. The van der Waals surface area contributed by atoms with Crippen molar-refractivity contribution in [1.29, 1.82) is 0 Å². The van der Waals surface area contributed by atoms with Crippen molar-refractivity contribution in [3.63, 3.8) is 0 Å². The number of hydrogen-bond acceptors (Lipinski definition) is 3. The summed E-state index contributed by atoms with van der Waals surface area (Å²) < 4.78 is 0. The van der Waals surface area contributed by atoms with Crippen molar-refractivity contribution in [2.24, 2.45) is 0 Å². The van der Waals surface area contributed by atoms with Gasteiger partial charge in [0, 0.05) is 22.1 Å². The molecule has 12 rings (SSSR count). The van der Waals surface area contributed by atoms with Gasteiger partial charge in [-0.1, -0.05) is 178 Å². The van der Waals surface area contributed by atoms with Crippen molar-refractivity contribution in [3.05, 3.63) is 199 Å². The van der Waals surface area contributed by atoms with Crippen LogP contribution in [0.15, 0.2) is 188 Å². The van der Waals surface area contributed by atoms with E-state index in [1.807, 2.05) is 18.2 Å². The quantitative estimate of drug-likeness (QED) is 0.168. The van der Waals surface area contributed by atoms with E-state index in [1.54, 1.807) is 0 Å². The number of nitrogens with zero attached hydrogens (tertiary/aromatic N) is 3. The molecule has 0 atom stereocenters. The Hall–Kier alpha value is -7.49. The lowest BCUT2D eigenvalue weighted by molar-refractivity contribution is 0.667. The van der Waals surface area contributed by atoms with E-state index in [9.17, 15) is 0 Å². The molecular weight excluding hydrogens is 715 g/mol. The summed E-state index contributed by atoms with van der Waals surface area (Å²) in [5.74, 6) is 1.97. The van der Waals surface area contributed by atoms with E-state index in [0.29, 0.717) is 17.5 Å². The lowest BCUT2D eigenvalue weighted by Crippen LogP contribution is -2.15. The second kappa shape index (κ2) is 12.8. The van der Waals surface area contributed by atoms with Gasteiger partial charge in [-0.2, -0.15) is 0 Å². The first-order valence-corrected chi connectivity index (χ1v) is 20.4. The standard InChI is InChI=1S/C56H37N3/c1-56(2)50-33-38(28-29-48(50)51-46-22-12-10-19-43(46)44-20-11-13-23-47(44)52(51)56)36-24-25-37-31-40(27-26-35(37)30-36)54-57-53(34-14-4-3-5-15-34)58-55(59-54)49-32-39-16-6-7-17-41(39)42-18-8-9-21-45(42)49/h3-33H,1-2H3. The van der Waals surface area contributed by atoms with Crippen LogP contribution >= 0.6 is 0 Å². The fourth-order valence-corrected chi connectivity index (χ4v) is 9.81. The molecule has 0 spiro atoms. The number of hydrogen-bond donors (Lipinski definition) is 0. The van der Waals surface area contributed by atoms with E-state index in [4.69, 9.17) is 15.0 Å². The fraction of sp³-hybridized carbons (Fsp3) is 0.0536. The Kier molecular flexibility index (Phi) is 7.27. The third-order valence-electron chi connectivity index (χ3n) is 12.6. The second-order valence-corrected chi connectivity index (χ2v) is 16.4. The molecule has 0 saturated heterocycles. The van der Waals surface area contributed by atoms with Crippen LogP contribution in [0.3, 0.4) is 0 Å². The van der Waals surface area contributed by atoms with Crippen molar-refractivity contribution in [1.82, 2.24) is 15.0 Å². The number of aromatic nitrogens is 3. The van der Waals surface area contributed by atoms with Crippen molar-refractivity contribution in [3.8, 4) is 56.4 Å². The smallest absolute Gasteiger partial charge is 0.164 e. The summed E-state index contributed by atoms with van der Waals surface area (Å²) in [7, 11) is 0. The predicted octanol–water partition coefficient (Wildman–Crippen LogP) is 14.6. The molecular formula is C56H37N3. The third kappa shape index (κ3) is 5.18. The zero-order valence-corrected chi connectivity index (χ0v) is 32.7. The molecule has 0 N–H and O–H groups in total. The largest absolute Gasteiger partial charge is 0.208 e. The van der Waals surface area contributed by atoms with Crippen LogP contribution < -0.4 is 0 Å². The monoisotopic (exact) mass is 751 g/mol. The van der Waals surface area contributed by atoms with E-state index in [2.05, 4.69) is 184 Å². The normalized spacial score (nSPS) is 13.1. The summed E-state index contributed by atoms with van der Waals surface area (Å²) >= 11 is 0. The van der Waals surface area contributed by atoms with Crippen LogP contribution in [0.2, 0.25) is 0 Å². The molecule has 59 heavy (non-hydrogen) atoms. The van der Waals surface area contributed by atoms with Crippen molar-refractivity contribution in [2.45, 2.75) is 19.3 Å². The minimum atomic E-state index is -0.156. The predicted molar refractivity (Wildman–Crippen MR) is 247 cm³/mol. The van der Waals surface area contributed by atoms with Gasteiger partial charge >= 0.3 is 0 Å². The Morgan fingerprint density at radius 3 is 1.58 bits per heavy atom. The highest BCUT2D eigenvalue weighted by Gasteiger charge is 2.38. The summed E-state index contributed by atoms with van der Waals surface area (Å²) in [5, 5.41) is 12.3. The first-order chi connectivity index (χ1) is 29.0. The van der Waals surface area contributed by atoms with E-state index >= 15 is 0 Å². The van der Waals surface area contributed by atoms with Gasteiger partial charge in [0.05, 0.1) is 0 Å². The average Bonchev–Trinajstić information content (AvgIpc) is 3.54. The molecule has 0 fully saturated rings. The molecule has 0 radical (unpaired) electrons. The molecule has 0 aliphatic heterocycles. The van der Waals surface area contributed by atoms with Gasteiger partial charge in [-0.3, -0.25) is 0 Å². The molecule has 10 aromatic carbocycles. The van der Waals surface area contributed by atoms with Gasteiger partial charge < -0.3 is 0 Å². The summed E-state index contributed by atoms with van der Waals surface area (Å²) in [4.78, 5) is 15.4. The van der Waals surface area contributed by atoms with Gasteiger partial charge in [-0.15, -0.1) is 0 Å². The van der Waals surface area contributed by atoms with E-state index in [-0.39, 0.29) is 5.41 Å². The highest BCUT2D eigenvalue weighted by atomic mass is 15.0. The zero-order chi connectivity index (χ0) is 39.2. The second-order valence-electron chi connectivity index (χ2n) is 16.4. The fourth-order valence-electron chi connectivity index (χ4n) is 9.81. The molecule has 0 amide bonds. The lowest BCUT2D eigenvalue weighted by Gasteiger charge is -2.24. The molecule has 3 nitrogen and oxygen atoms in total. The van der Waals surface area contributed by atoms with Crippen LogP contribution in [-0.4, -0.2) is 15.0 Å². The van der Waals surface area contributed by atoms with Gasteiger partial charge in [0.2, 0.25) is 0 Å². The molecule has 1 heterocycles. The highest BCUT2D eigenvalue weighted by molar-refractivity contribution is 6.18. The molecule has 1 aliphatic carbocycles. The minimum absolute atomic E-state index is 0.156. The van der Waals surface area contributed by atoms with Crippen LogP contribution in [0.1, 0.15) is 25.0 Å². The minimum Gasteiger partial charge on any atom is -0.208 e. The van der Waals surface area contributed by atoms with Gasteiger partial charge in [0.15, 0.2) is 17.5 Å². The number of rotatable bonds is 4. The van der Waals surface area contributed by atoms with Crippen molar-refractivity contribution >= 4 is 53.9 Å². The highest BCUT2D eigenvalue weighted by Crippen LogP contribution is 2.55. The lowest BCUT2D eigenvalue weighted by atomic mass is 9.78.